The maximum atomic E-state index is 8.36. The van der Waals surface area contributed by atoms with Crippen molar-refractivity contribution in [2.75, 3.05) is 0 Å². The van der Waals surface area contributed by atoms with E-state index >= 15 is 0 Å². The van der Waals surface area contributed by atoms with Crippen molar-refractivity contribution in [1.82, 2.24) is 0 Å². The summed E-state index contributed by atoms with van der Waals surface area (Å²) in [7, 11) is 0. The first kappa shape index (κ1) is 15.9. The summed E-state index contributed by atoms with van der Waals surface area (Å²) in [5, 5.41) is 6.89. The zero-order valence-corrected chi connectivity index (χ0v) is 13.2. The molecule has 19 heavy (non-hydrogen) atoms. The van der Waals surface area contributed by atoms with Gasteiger partial charge in [-0.1, -0.05) is 43.3 Å². The Kier molecular flexibility index (Phi) is 7.45. The van der Waals surface area contributed by atoms with E-state index in [1.807, 2.05) is 47.7 Å². The highest BCUT2D eigenvalue weighted by atomic mass is 79.9. The molecule has 1 aromatic heterocycles. The fourth-order valence-corrected chi connectivity index (χ4v) is 3.86. The third-order valence-corrected chi connectivity index (χ3v) is 4.34. The van der Waals surface area contributed by atoms with Gasteiger partial charge in [0.05, 0.1) is 3.79 Å². The Morgan fingerprint density at radius 3 is 2.11 bits per heavy atom. The Balaban J connectivity index is 0.000000172. The number of halogens is 1. The fourth-order valence-electron chi connectivity index (χ4n) is 1.92. The molecule has 1 aliphatic carbocycles. The van der Waals surface area contributed by atoms with E-state index in [-0.39, 0.29) is 6.47 Å². The summed E-state index contributed by atoms with van der Waals surface area (Å²) in [6.45, 7) is 2.07. The van der Waals surface area contributed by atoms with Crippen LogP contribution in [0.25, 0.3) is 0 Å². The molecule has 0 bridgehead atoms. The average Bonchev–Trinajstić information content (AvgIpc) is 2.88. The topological polar surface area (TPSA) is 37.3 Å². The molecular weight excluding hydrogens is 324 g/mol. The minimum atomic E-state index is -0.250. The van der Waals surface area contributed by atoms with Gasteiger partial charge in [0.15, 0.2) is 0 Å². The number of hydrogen-bond donors (Lipinski definition) is 1. The molecule has 0 saturated heterocycles. The van der Waals surface area contributed by atoms with Crippen LogP contribution in [0.1, 0.15) is 17.4 Å². The molecule has 0 aliphatic heterocycles. The van der Waals surface area contributed by atoms with Crippen LogP contribution >= 0.6 is 27.3 Å². The largest absolute Gasteiger partial charge is 0.483 e. The molecule has 102 valence electrons. The number of rotatable bonds is 0. The Morgan fingerprint density at radius 1 is 1.21 bits per heavy atom. The highest BCUT2D eigenvalue weighted by molar-refractivity contribution is 9.11. The molecule has 1 N–H and O–H groups in total. The maximum Gasteiger partial charge on any atom is 0.290 e. The Bertz CT molecular complexity index is 432. The van der Waals surface area contributed by atoms with Gasteiger partial charge in [0.2, 0.25) is 0 Å². The van der Waals surface area contributed by atoms with Crippen LogP contribution in [0, 0.1) is 5.92 Å². The second-order valence-corrected chi connectivity index (χ2v) is 6.79. The van der Waals surface area contributed by atoms with E-state index in [1.54, 1.807) is 10.4 Å². The molecule has 1 heterocycles. The molecule has 2 aromatic rings. The Labute approximate surface area is 126 Å². The third-order valence-electron chi connectivity index (χ3n) is 2.64. The van der Waals surface area contributed by atoms with Crippen molar-refractivity contribution in [1.29, 1.82) is 0 Å². The summed E-state index contributed by atoms with van der Waals surface area (Å²) in [5.74, 6) is 0.884. The standard InChI is InChI=1S/C8H9BrS.C6H6.CH2O2/c1-5-2-6-4-8(9)10-7(6)3-5;1-2-4-6-5-3-1;2-1-3/h4-5H,2-3H2,1H3;1-6H;1H,(H,2,3). The predicted octanol–water partition coefficient (Wildman–Crippen LogP) is 4.63. The number of fused-ring (bicyclic) bond motifs is 1. The van der Waals surface area contributed by atoms with E-state index in [0.29, 0.717) is 0 Å². The normalized spacial score (nSPS) is 15.4. The summed E-state index contributed by atoms with van der Waals surface area (Å²) in [4.78, 5) is 9.96. The van der Waals surface area contributed by atoms with E-state index in [4.69, 9.17) is 9.90 Å². The minimum Gasteiger partial charge on any atom is -0.483 e. The molecule has 0 saturated carbocycles. The SMILES string of the molecule is CC1Cc2cc(Br)sc2C1.O=CO.c1ccccc1. The van der Waals surface area contributed by atoms with E-state index in [0.717, 1.165) is 5.92 Å². The lowest BCUT2D eigenvalue weighted by molar-refractivity contribution is -0.122. The van der Waals surface area contributed by atoms with E-state index in [2.05, 4.69) is 28.9 Å². The first-order valence-electron chi connectivity index (χ1n) is 6.02. The van der Waals surface area contributed by atoms with E-state index in [1.165, 1.54) is 16.6 Å². The summed E-state index contributed by atoms with van der Waals surface area (Å²) < 4.78 is 1.30. The third kappa shape index (κ3) is 6.03. The number of carbonyl (C=O) groups is 1. The van der Waals surface area contributed by atoms with Crippen molar-refractivity contribution in [3.05, 3.63) is 56.7 Å². The van der Waals surface area contributed by atoms with Crippen LogP contribution in [0.4, 0.5) is 0 Å². The summed E-state index contributed by atoms with van der Waals surface area (Å²) in [6.07, 6.45) is 2.59. The van der Waals surface area contributed by atoms with Gasteiger partial charge in [-0.2, -0.15) is 0 Å². The molecule has 1 unspecified atom stereocenters. The first-order chi connectivity index (χ1) is 9.17. The smallest absolute Gasteiger partial charge is 0.290 e. The van der Waals surface area contributed by atoms with Gasteiger partial charge in [-0.25, -0.2) is 0 Å². The van der Waals surface area contributed by atoms with Crippen molar-refractivity contribution < 1.29 is 9.90 Å². The molecule has 0 spiro atoms. The van der Waals surface area contributed by atoms with Gasteiger partial charge in [0.25, 0.3) is 6.47 Å². The second-order valence-electron chi connectivity index (χ2n) is 4.27. The molecular formula is C15H17BrO2S. The van der Waals surface area contributed by atoms with Crippen molar-refractivity contribution in [2.45, 2.75) is 19.8 Å². The lowest BCUT2D eigenvalue weighted by Crippen LogP contribution is -1.89. The predicted molar refractivity (Wildman–Crippen MR) is 83.7 cm³/mol. The van der Waals surface area contributed by atoms with Gasteiger partial charge in [-0.15, -0.1) is 11.3 Å². The molecule has 0 radical (unpaired) electrons. The lowest BCUT2D eigenvalue weighted by Gasteiger charge is -1.95. The quantitative estimate of drug-likeness (QED) is 0.709. The summed E-state index contributed by atoms with van der Waals surface area (Å²) in [5.41, 5.74) is 1.57. The van der Waals surface area contributed by atoms with Gasteiger partial charge in [-0.05, 0) is 46.3 Å². The molecule has 0 fully saturated rings. The molecule has 2 nitrogen and oxygen atoms in total. The number of benzene rings is 1. The van der Waals surface area contributed by atoms with Gasteiger partial charge < -0.3 is 5.11 Å². The van der Waals surface area contributed by atoms with Gasteiger partial charge in [0, 0.05) is 4.88 Å². The molecule has 1 aromatic carbocycles. The highest BCUT2D eigenvalue weighted by Gasteiger charge is 2.19. The molecule has 4 heteroatoms. The molecule has 1 aliphatic rings. The zero-order valence-electron chi connectivity index (χ0n) is 10.8. The first-order valence-corrected chi connectivity index (χ1v) is 7.63. The Morgan fingerprint density at radius 2 is 1.68 bits per heavy atom. The lowest BCUT2D eigenvalue weighted by atomic mass is 10.1. The van der Waals surface area contributed by atoms with Crippen molar-refractivity contribution in [2.24, 2.45) is 5.92 Å². The van der Waals surface area contributed by atoms with Crippen LogP contribution in [-0.2, 0) is 17.6 Å². The van der Waals surface area contributed by atoms with Gasteiger partial charge >= 0.3 is 0 Å². The molecule has 3 rings (SSSR count). The molecule has 0 amide bonds. The van der Waals surface area contributed by atoms with Crippen molar-refractivity contribution in [3.8, 4) is 0 Å². The van der Waals surface area contributed by atoms with Crippen molar-refractivity contribution in [3.63, 3.8) is 0 Å². The van der Waals surface area contributed by atoms with Crippen LogP contribution < -0.4 is 0 Å². The monoisotopic (exact) mass is 340 g/mol. The van der Waals surface area contributed by atoms with Gasteiger partial charge in [0.1, 0.15) is 0 Å². The minimum absolute atomic E-state index is 0.250. The number of thiophene rings is 1. The maximum absolute atomic E-state index is 8.36. The Hall–Kier alpha value is -1.13. The van der Waals surface area contributed by atoms with Crippen molar-refractivity contribution >= 4 is 33.7 Å². The van der Waals surface area contributed by atoms with Gasteiger partial charge in [-0.3, -0.25) is 4.79 Å². The zero-order chi connectivity index (χ0) is 14.1. The van der Waals surface area contributed by atoms with Crippen LogP contribution in [0.2, 0.25) is 0 Å². The fraction of sp³-hybridized carbons (Fsp3) is 0.267. The van der Waals surface area contributed by atoms with Crippen LogP contribution in [0.3, 0.4) is 0 Å². The van der Waals surface area contributed by atoms with Crippen LogP contribution in [0.15, 0.2) is 46.3 Å². The summed E-state index contributed by atoms with van der Waals surface area (Å²) in [6, 6.07) is 14.3. The molecule has 1 atom stereocenters. The number of hydrogen-bond acceptors (Lipinski definition) is 2. The highest BCUT2D eigenvalue weighted by Crippen LogP contribution is 2.35. The second kappa shape index (κ2) is 8.88. The van der Waals surface area contributed by atoms with Crippen LogP contribution in [0.5, 0.6) is 0 Å². The summed E-state index contributed by atoms with van der Waals surface area (Å²) >= 11 is 5.39. The van der Waals surface area contributed by atoms with E-state index < -0.39 is 0 Å². The van der Waals surface area contributed by atoms with Crippen LogP contribution in [-0.4, -0.2) is 11.6 Å². The number of carboxylic acid groups (broad SMARTS) is 1. The average molecular weight is 341 g/mol. The van der Waals surface area contributed by atoms with E-state index in [9.17, 15) is 0 Å².